The van der Waals surface area contributed by atoms with Crippen molar-refractivity contribution in [3.8, 4) is 5.75 Å². The standard InChI is InChI=1S/C21H18ClN3O3S/c1-13(24-25-20(26)17-12-15(22)8-9-18(17)28-2)14-5-3-6-16(11-14)23-21(27)19-7-4-10-29-19/h3-12H,1-2H3,(H,23,27)(H,25,26). The Hall–Kier alpha value is -3.16. The fourth-order valence-corrected chi connectivity index (χ4v) is 3.33. The molecule has 0 saturated heterocycles. The molecule has 0 bridgehead atoms. The third-order valence-corrected chi connectivity index (χ3v) is 5.12. The van der Waals surface area contributed by atoms with Crippen LogP contribution in [0.5, 0.6) is 5.75 Å². The lowest BCUT2D eigenvalue weighted by Crippen LogP contribution is -2.20. The summed E-state index contributed by atoms with van der Waals surface area (Å²) >= 11 is 7.34. The van der Waals surface area contributed by atoms with Gasteiger partial charge in [0.05, 0.1) is 23.3 Å². The van der Waals surface area contributed by atoms with Crippen molar-refractivity contribution in [3.63, 3.8) is 0 Å². The average molecular weight is 428 g/mol. The maximum Gasteiger partial charge on any atom is 0.275 e. The first-order chi connectivity index (χ1) is 14.0. The zero-order valence-corrected chi connectivity index (χ0v) is 17.3. The van der Waals surface area contributed by atoms with E-state index in [1.54, 1.807) is 43.3 Å². The number of carbonyl (C=O) groups excluding carboxylic acids is 2. The molecule has 0 radical (unpaired) electrons. The number of nitrogens with one attached hydrogen (secondary N) is 2. The minimum atomic E-state index is -0.439. The van der Waals surface area contributed by atoms with E-state index in [1.807, 2.05) is 17.5 Å². The molecule has 1 aromatic heterocycles. The summed E-state index contributed by atoms with van der Waals surface area (Å²) in [6.07, 6.45) is 0. The quantitative estimate of drug-likeness (QED) is 0.437. The molecule has 3 aromatic rings. The summed E-state index contributed by atoms with van der Waals surface area (Å²) in [4.78, 5) is 25.3. The van der Waals surface area contributed by atoms with Crippen LogP contribution in [0.25, 0.3) is 0 Å². The maximum absolute atomic E-state index is 12.4. The number of halogens is 1. The topological polar surface area (TPSA) is 79.8 Å². The number of hydrogen-bond donors (Lipinski definition) is 2. The minimum Gasteiger partial charge on any atom is -0.496 e. The maximum atomic E-state index is 12.4. The van der Waals surface area contributed by atoms with E-state index in [0.717, 1.165) is 5.56 Å². The van der Waals surface area contributed by atoms with E-state index >= 15 is 0 Å². The fraction of sp³-hybridized carbons (Fsp3) is 0.0952. The van der Waals surface area contributed by atoms with Crippen LogP contribution in [0.1, 0.15) is 32.5 Å². The van der Waals surface area contributed by atoms with Gasteiger partial charge >= 0.3 is 0 Å². The molecular formula is C21H18ClN3O3S. The van der Waals surface area contributed by atoms with Crippen LogP contribution in [0.15, 0.2) is 65.1 Å². The molecule has 0 atom stereocenters. The second-order valence-corrected chi connectivity index (χ2v) is 7.38. The van der Waals surface area contributed by atoms with Crippen molar-refractivity contribution in [1.82, 2.24) is 5.43 Å². The lowest BCUT2D eigenvalue weighted by atomic mass is 10.1. The van der Waals surface area contributed by atoms with E-state index in [4.69, 9.17) is 16.3 Å². The summed E-state index contributed by atoms with van der Waals surface area (Å²) in [5.74, 6) is -0.211. The Balaban J connectivity index is 1.72. The van der Waals surface area contributed by atoms with Gasteiger partial charge in [-0.25, -0.2) is 5.43 Å². The van der Waals surface area contributed by atoms with Crippen LogP contribution < -0.4 is 15.5 Å². The highest BCUT2D eigenvalue weighted by molar-refractivity contribution is 7.12. The molecule has 0 aliphatic rings. The largest absolute Gasteiger partial charge is 0.496 e. The van der Waals surface area contributed by atoms with Crippen LogP contribution in [0.3, 0.4) is 0 Å². The van der Waals surface area contributed by atoms with Gasteiger partial charge in [0.15, 0.2) is 0 Å². The highest BCUT2D eigenvalue weighted by Crippen LogP contribution is 2.22. The van der Waals surface area contributed by atoms with Crippen LogP contribution in [0.2, 0.25) is 5.02 Å². The highest BCUT2D eigenvalue weighted by Gasteiger charge is 2.13. The van der Waals surface area contributed by atoms with Crippen molar-refractivity contribution in [1.29, 1.82) is 0 Å². The molecule has 3 rings (SSSR count). The van der Waals surface area contributed by atoms with Crippen molar-refractivity contribution in [2.75, 3.05) is 12.4 Å². The van der Waals surface area contributed by atoms with Crippen LogP contribution >= 0.6 is 22.9 Å². The van der Waals surface area contributed by atoms with Crippen LogP contribution in [0, 0.1) is 0 Å². The Morgan fingerprint density at radius 3 is 2.62 bits per heavy atom. The fourth-order valence-electron chi connectivity index (χ4n) is 2.54. The number of hydrazone groups is 1. The molecule has 0 aliphatic heterocycles. The molecule has 0 fully saturated rings. The SMILES string of the molecule is COc1ccc(Cl)cc1C(=O)NN=C(C)c1cccc(NC(=O)c2cccs2)c1. The second kappa shape index (κ2) is 9.36. The number of carbonyl (C=O) groups is 2. The van der Waals surface area contributed by atoms with Gasteiger partial charge in [0.1, 0.15) is 5.75 Å². The van der Waals surface area contributed by atoms with Crippen molar-refractivity contribution >= 4 is 46.2 Å². The van der Waals surface area contributed by atoms with Gasteiger partial charge in [-0.3, -0.25) is 9.59 Å². The minimum absolute atomic E-state index is 0.173. The molecule has 0 unspecified atom stereocenters. The summed E-state index contributed by atoms with van der Waals surface area (Å²) in [6.45, 7) is 1.76. The Kier molecular flexibility index (Phi) is 6.64. The van der Waals surface area contributed by atoms with Gasteiger partial charge in [-0.1, -0.05) is 29.8 Å². The van der Waals surface area contributed by atoms with Crippen molar-refractivity contribution in [2.45, 2.75) is 6.92 Å². The number of hydrogen-bond acceptors (Lipinski definition) is 5. The second-order valence-electron chi connectivity index (χ2n) is 5.99. The van der Waals surface area contributed by atoms with E-state index in [2.05, 4.69) is 15.8 Å². The molecule has 0 saturated carbocycles. The zero-order valence-electron chi connectivity index (χ0n) is 15.7. The Labute approximate surface area is 177 Å². The van der Waals surface area contributed by atoms with Gasteiger partial charge in [0.25, 0.3) is 11.8 Å². The molecule has 148 valence electrons. The first-order valence-electron chi connectivity index (χ1n) is 8.61. The molecule has 2 amide bonds. The molecule has 1 heterocycles. The van der Waals surface area contributed by atoms with E-state index in [9.17, 15) is 9.59 Å². The van der Waals surface area contributed by atoms with Gasteiger partial charge in [-0.15, -0.1) is 11.3 Å². The molecule has 2 N–H and O–H groups in total. The summed E-state index contributed by atoms with van der Waals surface area (Å²) in [5.41, 5.74) is 4.76. The molecule has 0 spiro atoms. The van der Waals surface area contributed by atoms with Gasteiger partial charge in [-0.2, -0.15) is 5.10 Å². The number of benzene rings is 2. The Morgan fingerprint density at radius 1 is 1.07 bits per heavy atom. The number of amides is 2. The van der Waals surface area contributed by atoms with Crippen molar-refractivity contribution < 1.29 is 14.3 Å². The van der Waals surface area contributed by atoms with Crippen LogP contribution in [0.4, 0.5) is 5.69 Å². The van der Waals surface area contributed by atoms with Crippen LogP contribution in [-0.2, 0) is 0 Å². The monoisotopic (exact) mass is 427 g/mol. The molecule has 8 heteroatoms. The number of ether oxygens (including phenoxy) is 1. The van der Waals surface area contributed by atoms with Gasteiger partial charge < -0.3 is 10.1 Å². The number of thiophene rings is 1. The summed E-state index contributed by atoms with van der Waals surface area (Å²) in [7, 11) is 1.48. The summed E-state index contributed by atoms with van der Waals surface area (Å²) in [5, 5.41) is 9.27. The first kappa shape index (κ1) is 20.6. The van der Waals surface area contributed by atoms with E-state index in [-0.39, 0.29) is 11.5 Å². The van der Waals surface area contributed by atoms with Gasteiger partial charge in [-0.05, 0) is 54.3 Å². The Morgan fingerprint density at radius 2 is 1.90 bits per heavy atom. The smallest absolute Gasteiger partial charge is 0.275 e. The van der Waals surface area contributed by atoms with E-state index in [0.29, 0.717) is 27.0 Å². The predicted octanol–water partition coefficient (Wildman–Crippen LogP) is 4.82. The normalized spacial score (nSPS) is 11.1. The van der Waals surface area contributed by atoms with Crippen LogP contribution in [-0.4, -0.2) is 24.6 Å². The number of nitrogens with zero attached hydrogens (tertiary/aromatic N) is 1. The Bertz CT molecular complexity index is 1060. The first-order valence-corrected chi connectivity index (χ1v) is 9.87. The number of rotatable bonds is 6. The van der Waals surface area contributed by atoms with Gasteiger partial charge in [0.2, 0.25) is 0 Å². The number of anilines is 1. The molecule has 2 aromatic carbocycles. The number of methoxy groups -OCH3 is 1. The third kappa shape index (κ3) is 5.22. The van der Waals surface area contributed by atoms with Crippen molar-refractivity contribution in [2.24, 2.45) is 5.10 Å². The van der Waals surface area contributed by atoms with E-state index in [1.165, 1.54) is 24.5 Å². The molecule has 6 nitrogen and oxygen atoms in total. The van der Waals surface area contributed by atoms with E-state index < -0.39 is 5.91 Å². The third-order valence-electron chi connectivity index (χ3n) is 4.01. The lowest BCUT2D eigenvalue weighted by molar-refractivity contribution is 0.0951. The zero-order chi connectivity index (χ0) is 20.8. The predicted molar refractivity (Wildman–Crippen MR) is 116 cm³/mol. The molecular weight excluding hydrogens is 410 g/mol. The molecule has 0 aliphatic carbocycles. The average Bonchev–Trinajstić information content (AvgIpc) is 3.27. The van der Waals surface area contributed by atoms with Gasteiger partial charge in [0, 0.05) is 10.7 Å². The lowest BCUT2D eigenvalue weighted by Gasteiger charge is -2.09. The molecule has 29 heavy (non-hydrogen) atoms. The van der Waals surface area contributed by atoms with Crippen molar-refractivity contribution in [3.05, 3.63) is 81.0 Å². The summed E-state index contributed by atoms with van der Waals surface area (Å²) in [6, 6.07) is 15.6. The summed E-state index contributed by atoms with van der Waals surface area (Å²) < 4.78 is 5.19. The highest BCUT2D eigenvalue weighted by atomic mass is 35.5.